The van der Waals surface area contributed by atoms with Crippen LogP contribution in [0.1, 0.15) is 38.7 Å². The number of anilines is 1. The predicted molar refractivity (Wildman–Crippen MR) is 133 cm³/mol. The quantitative estimate of drug-likeness (QED) is 0.556. The minimum Gasteiger partial charge on any atom is -0.454 e. The Bertz CT molecular complexity index is 1420. The summed E-state index contributed by atoms with van der Waals surface area (Å²) in [5.74, 6) is 1.89. The SMILES string of the molecule is Cc1oncc1C(=O)N1CCC2C=C(c3nc(NC(=O)Cc4ccc5c(c4)OCO5)sc3C)C=CC21. The summed E-state index contributed by atoms with van der Waals surface area (Å²) in [6, 6.07) is 5.50. The van der Waals surface area contributed by atoms with Gasteiger partial charge in [-0.2, -0.15) is 0 Å². The van der Waals surface area contributed by atoms with Crippen LogP contribution in [-0.4, -0.2) is 46.2 Å². The van der Waals surface area contributed by atoms with Gasteiger partial charge in [-0.3, -0.25) is 9.59 Å². The molecule has 2 aliphatic heterocycles. The number of carbonyl (C=O) groups is 2. The first-order chi connectivity index (χ1) is 17.5. The van der Waals surface area contributed by atoms with Crippen LogP contribution in [0.4, 0.5) is 5.13 Å². The molecule has 184 valence electrons. The van der Waals surface area contributed by atoms with Crippen molar-refractivity contribution in [1.82, 2.24) is 15.0 Å². The van der Waals surface area contributed by atoms with E-state index in [1.54, 1.807) is 6.92 Å². The molecular weight excluding hydrogens is 480 g/mol. The average molecular weight is 505 g/mol. The van der Waals surface area contributed by atoms with E-state index in [9.17, 15) is 9.59 Å². The molecule has 0 saturated carbocycles. The Morgan fingerprint density at radius 1 is 1.22 bits per heavy atom. The molecule has 1 saturated heterocycles. The van der Waals surface area contributed by atoms with Gasteiger partial charge in [0.2, 0.25) is 12.7 Å². The van der Waals surface area contributed by atoms with Gasteiger partial charge in [-0.25, -0.2) is 4.98 Å². The van der Waals surface area contributed by atoms with E-state index in [4.69, 9.17) is 19.0 Å². The van der Waals surface area contributed by atoms with E-state index in [-0.39, 0.29) is 37.0 Å². The van der Waals surface area contributed by atoms with Crippen molar-refractivity contribution in [2.75, 3.05) is 18.7 Å². The smallest absolute Gasteiger partial charge is 0.259 e. The summed E-state index contributed by atoms with van der Waals surface area (Å²) < 4.78 is 15.8. The number of allylic oxidation sites excluding steroid dienone is 2. The fourth-order valence-corrected chi connectivity index (χ4v) is 5.78. The Morgan fingerprint density at radius 3 is 2.92 bits per heavy atom. The summed E-state index contributed by atoms with van der Waals surface area (Å²) in [5.41, 5.74) is 3.22. The Labute approximate surface area is 211 Å². The van der Waals surface area contributed by atoms with Crippen LogP contribution in [0.25, 0.3) is 5.57 Å². The lowest BCUT2D eigenvalue weighted by molar-refractivity contribution is -0.115. The number of aromatic nitrogens is 2. The molecule has 0 bridgehead atoms. The highest BCUT2D eigenvalue weighted by atomic mass is 32.1. The highest BCUT2D eigenvalue weighted by Gasteiger charge is 2.37. The summed E-state index contributed by atoms with van der Waals surface area (Å²) in [6.07, 6.45) is 8.86. The third kappa shape index (κ3) is 4.07. The number of amides is 2. The number of ether oxygens (including phenoxy) is 2. The zero-order chi connectivity index (χ0) is 24.8. The van der Waals surface area contributed by atoms with Crippen molar-refractivity contribution in [1.29, 1.82) is 0 Å². The third-order valence-corrected chi connectivity index (χ3v) is 7.61. The number of likely N-dealkylation sites (tertiary alicyclic amines) is 1. The average Bonchev–Trinajstić information content (AvgIpc) is 3.64. The molecule has 0 spiro atoms. The largest absolute Gasteiger partial charge is 0.454 e. The van der Waals surface area contributed by atoms with Crippen molar-refractivity contribution in [2.45, 2.75) is 32.7 Å². The summed E-state index contributed by atoms with van der Waals surface area (Å²) in [5, 5.41) is 7.23. The van der Waals surface area contributed by atoms with Crippen LogP contribution in [0.2, 0.25) is 0 Å². The number of aryl methyl sites for hydroxylation is 2. The van der Waals surface area contributed by atoms with Crippen molar-refractivity contribution in [3.8, 4) is 11.5 Å². The van der Waals surface area contributed by atoms with Crippen LogP contribution in [0.15, 0.2) is 47.1 Å². The zero-order valence-electron chi connectivity index (χ0n) is 19.8. The van der Waals surface area contributed by atoms with Gasteiger partial charge in [0, 0.05) is 17.3 Å². The number of carbonyl (C=O) groups excluding carboxylic acids is 2. The maximum Gasteiger partial charge on any atom is 0.259 e. The maximum atomic E-state index is 13.0. The first-order valence-electron chi connectivity index (χ1n) is 11.7. The second-order valence-electron chi connectivity index (χ2n) is 9.05. The summed E-state index contributed by atoms with van der Waals surface area (Å²) in [6.45, 7) is 4.62. The molecule has 1 aliphatic carbocycles. The molecule has 1 aromatic carbocycles. The number of nitrogens with one attached hydrogen (secondary N) is 1. The van der Waals surface area contributed by atoms with Gasteiger partial charge in [-0.15, -0.1) is 11.3 Å². The lowest BCUT2D eigenvalue weighted by Crippen LogP contribution is -2.37. The number of fused-ring (bicyclic) bond motifs is 2. The number of thiazole rings is 1. The number of benzene rings is 1. The van der Waals surface area contributed by atoms with Crippen LogP contribution in [0, 0.1) is 19.8 Å². The standard InChI is InChI=1S/C26H24N4O5S/c1-14-19(12-27-35-14)25(32)30-8-7-17-11-18(4-5-20(17)30)24-15(2)36-26(29-24)28-23(31)10-16-3-6-21-22(9-16)34-13-33-21/h3-6,9,11-12,17,20H,7-8,10,13H2,1-2H3,(H,28,29,31). The number of hydrogen-bond donors (Lipinski definition) is 1. The molecule has 36 heavy (non-hydrogen) atoms. The number of nitrogens with zero attached hydrogens (tertiary/aromatic N) is 3. The van der Waals surface area contributed by atoms with Gasteiger partial charge < -0.3 is 24.2 Å². The van der Waals surface area contributed by atoms with Gasteiger partial charge in [0.05, 0.1) is 24.4 Å². The summed E-state index contributed by atoms with van der Waals surface area (Å²) >= 11 is 1.45. The molecule has 2 atom stereocenters. The summed E-state index contributed by atoms with van der Waals surface area (Å²) in [4.78, 5) is 33.3. The molecule has 6 rings (SSSR count). The predicted octanol–water partition coefficient (Wildman–Crippen LogP) is 4.14. The van der Waals surface area contributed by atoms with E-state index in [0.29, 0.717) is 34.5 Å². The van der Waals surface area contributed by atoms with Crippen LogP contribution in [0.5, 0.6) is 11.5 Å². The van der Waals surface area contributed by atoms with Crippen LogP contribution in [-0.2, 0) is 11.2 Å². The third-order valence-electron chi connectivity index (χ3n) is 6.73. The van der Waals surface area contributed by atoms with Crippen molar-refractivity contribution < 1.29 is 23.6 Å². The molecule has 1 N–H and O–H groups in total. The molecular formula is C26H24N4O5S. The number of rotatable bonds is 5. The molecule has 3 aromatic rings. The molecule has 4 heterocycles. The minimum atomic E-state index is -0.142. The van der Waals surface area contributed by atoms with E-state index in [0.717, 1.165) is 28.1 Å². The van der Waals surface area contributed by atoms with Gasteiger partial charge in [0.15, 0.2) is 16.6 Å². The van der Waals surface area contributed by atoms with Crippen molar-refractivity contribution in [3.63, 3.8) is 0 Å². The van der Waals surface area contributed by atoms with Crippen molar-refractivity contribution in [2.24, 2.45) is 5.92 Å². The van der Waals surface area contributed by atoms with Crippen LogP contribution >= 0.6 is 11.3 Å². The minimum absolute atomic E-state index is 0.00429. The first-order valence-corrected chi connectivity index (χ1v) is 12.6. The van der Waals surface area contributed by atoms with Gasteiger partial charge in [0.1, 0.15) is 11.3 Å². The Kier molecular flexibility index (Phi) is 5.60. The monoisotopic (exact) mass is 504 g/mol. The van der Waals surface area contributed by atoms with E-state index in [1.807, 2.05) is 36.1 Å². The summed E-state index contributed by atoms with van der Waals surface area (Å²) in [7, 11) is 0. The molecule has 2 aromatic heterocycles. The molecule has 10 heteroatoms. The molecule has 3 aliphatic rings. The fraction of sp³-hybridized carbons (Fsp3) is 0.308. The molecule has 2 amide bonds. The van der Waals surface area contributed by atoms with Crippen LogP contribution in [0.3, 0.4) is 0 Å². The maximum absolute atomic E-state index is 13.0. The number of hydrogen-bond acceptors (Lipinski definition) is 8. The molecule has 9 nitrogen and oxygen atoms in total. The highest BCUT2D eigenvalue weighted by molar-refractivity contribution is 7.15. The Morgan fingerprint density at radius 2 is 2.08 bits per heavy atom. The second kappa shape index (κ2) is 8.94. The van der Waals surface area contributed by atoms with E-state index >= 15 is 0 Å². The second-order valence-corrected chi connectivity index (χ2v) is 10.3. The lowest BCUT2D eigenvalue weighted by Gasteiger charge is -2.26. The molecule has 0 radical (unpaired) electrons. The van der Waals surface area contributed by atoms with Gasteiger partial charge >= 0.3 is 0 Å². The highest BCUT2D eigenvalue weighted by Crippen LogP contribution is 2.37. The van der Waals surface area contributed by atoms with Crippen molar-refractivity contribution in [3.05, 3.63) is 70.1 Å². The van der Waals surface area contributed by atoms with E-state index in [2.05, 4.69) is 22.6 Å². The zero-order valence-corrected chi connectivity index (χ0v) is 20.6. The topological polar surface area (TPSA) is 107 Å². The van der Waals surface area contributed by atoms with Gasteiger partial charge in [-0.05, 0) is 43.5 Å². The molecule has 2 unspecified atom stereocenters. The van der Waals surface area contributed by atoms with Gasteiger partial charge in [-0.1, -0.05) is 29.5 Å². The van der Waals surface area contributed by atoms with Gasteiger partial charge in [0.25, 0.3) is 5.91 Å². The normalized spacial score (nSPS) is 19.8. The van der Waals surface area contributed by atoms with E-state index < -0.39 is 0 Å². The fourth-order valence-electron chi connectivity index (χ4n) is 4.93. The Balaban J connectivity index is 1.13. The lowest BCUT2D eigenvalue weighted by atomic mass is 9.90. The van der Waals surface area contributed by atoms with Crippen LogP contribution < -0.4 is 14.8 Å². The molecule has 1 fully saturated rings. The Hall–Kier alpha value is -3.92. The first kappa shape index (κ1) is 22.5. The van der Waals surface area contributed by atoms with Crippen molar-refractivity contribution >= 4 is 33.9 Å². The van der Waals surface area contributed by atoms with E-state index in [1.165, 1.54) is 17.5 Å².